The van der Waals surface area contributed by atoms with E-state index in [2.05, 4.69) is 22.3 Å². The van der Waals surface area contributed by atoms with Gasteiger partial charge in [-0.3, -0.25) is 4.40 Å². The Kier molecular flexibility index (Phi) is 3.54. The largest absolute Gasteiger partial charge is 0.497 e. The molecule has 5 rings (SSSR count). The third-order valence-electron chi connectivity index (χ3n) is 4.56. The Balaban J connectivity index is 1.79. The molecule has 27 heavy (non-hydrogen) atoms. The summed E-state index contributed by atoms with van der Waals surface area (Å²) in [6.07, 6.45) is 0. The SMILES string of the molecule is COc1ccc(-c2cc3cc(-c4ccccc4)nn3c3n[nH]c(=S)n23)cc1. The molecule has 0 spiro atoms. The summed E-state index contributed by atoms with van der Waals surface area (Å²) in [7, 11) is 1.66. The molecule has 0 aliphatic rings. The fourth-order valence-electron chi connectivity index (χ4n) is 3.24. The van der Waals surface area contributed by atoms with Crippen LogP contribution in [-0.4, -0.2) is 31.3 Å². The summed E-state index contributed by atoms with van der Waals surface area (Å²) >= 11 is 5.47. The highest BCUT2D eigenvalue weighted by molar-refractivity contribution is 7.71. The second-order valence-electron chi connectivity index (χ2n) is 6.15. The van der Waals surface area contributed by atoms with Gasteiger partial charge in [0.2, 0.25) is 4.77 Å². The summed E-state index contributed by atoms with van der Waals surface area (Å²) in [4.78, 5) is 0. The second kappa shape index (κ2) is 6.07. The van der Waals surface area contributed by atoms with Gasteiger partial charge < -0.3 is 4.74 Å². The molecule has 0 atom stereocenters. The number of aromatic amines is 1. The number of H-pyrrole nitrogens is 1. The summed E-state index contributed by atoms with van der Waals surface area (Å²) in [6.45, 7) is 0. The number of methoxy groups -OCH3 is 1. The van der Waals surface area contributed by atoms with Gasteiger partial charge >= 0.3 is 0 Å². The first-order valence-corrected chi connectivity index (χ1v) is 8.85. The van der Waals surface area contributed by atoms with Crippen LogP contribution in [0.1, 0.15) is 0 Å². The number of aromatic nitrogens is 5. The third kappa shape index (κ3) is 2.51. The fraction of sp³-hybridized carbons (Fsp3) is 0.0500. The van der Waals surface area contributed by atoms with Crippen LogP contribution in [0.15, 0.2) is 66.7 Å². The van der Waals surface area contributed by atoms with Gasteiger partial charge in [0.1, 0.15) is 5.75 Å². The van der Waals surface area contributed by atoms with Crippen LogP contribution in [0, 0.1) is 4.77 Å². The predicted octanol–water partition coefficient (Wildman–Crippen LogP) is 4.38. The van der Waals surface area contributed by atoms with E-state index < -0.39 is 0 Å². The van der Waals surface area contributed by atoms with E-state index in [1.54, 1.807) is 7.11 Å². The first-order chi connectivity index (χ1) is 13.2. The van der Waals surface area contributed by atoms with E-state index in [1.807, 2.05) is 63.5 Å². The lowest BCUT2D eigenvalue weighted by Gasteiger charge is -2.07. The van der Waals surface area contributed by atoms with Crippen molar-refractivity contribution in [2.45, 2.75) is 0 Å². The molecule has 0 bridgehead atoms. The van der Waals surface area contributed by atoms with Crippen LogP contribution in [-0.2, 0) is 0 Å². The minimum Gasteiger partial charge on any atom is -0.497 e. The van der Waals surface area contributed by atoms with E-state index in [9.17, 15) is 0 Å². The van der Waals surface area contributed by atoms with Gasteiger partial charge in [-0.25, -0.2) is 5.10 Å². The lowest BCUT2D eigenvalue weighted by molar-refractivity contribution is 0.415. The Morgan fingerprint density at radius 2 is 1.74 bits per heavy atom. The number of ether oxygens (including phenoxy) is 1. The average Bonchev–Trinajstić information content (AvgIpc) is 3.32. The molecule has 0 unspecified atom stereocenters. The van der Waals surface area contributed by atoms with E-state index in [1.165, 1.54) is 0 Å². The molecule has 0 radical (unpaired) electrons. The molecule has 1 N–H and O–H groups in total. The number of hydrogen-bond acceptors (Lipinski definition) is 4. The standard InChI is InChI=1S/C20H15N5OS/c1-26-16-9-7-14(8-10-16)18-12-15-11-17(13-5-3-2-4-6-13)23-25(15)19-21-22-20(27)24(18)19/h2-12H,1H3,(H,22,27). The zero-order valence-corrected chi connectivity index (χ0v) is 15.3. The lowest BCUT2D eigenvalue weighted by atomic mass is 10.1. The maximum Gasteiger partial charge on any atom is 0.255 e. The zero-order valence-electron chi connectivity index (χ0n) is 14.5. The molecule has 0 amide bonds. The van der Waals surface area contributed by atoms with Crippen molar-refractivity contribution in [3.8, 4) is 28.3 Å². The van der Waals surface area contributed by atoms with Crippen LogP contribution in [0.25, 0.3) is 33.8 Å². The molecule has 0 aliphatic heterocycles. The molecule has 6 nitrogen and oxygen atoms in total. The van der Waals surface area contributed by atoms with Gasteiger partial charge in [0.15, 0.2) is 0 Å². The van der Waals surface area contributed by atoms with Gasteiger partial charge in [-0.05, 0) is 54.2 Å². The molecule has 0 fully saturated rings. The summed E-state index contributed by atoms with van der Waals surface area (Å²) in [5.74, 6) is 1.45. The molecular weight excluding hydrogens is 358 g/mol. The van der Waals surface area contributed by atoms with Gasteiger partial charge in [0.25, 0.3) is 5.78 Å². The van der Waals surface area contributed by atoms with E-state index in [4.69, 9.17) is 22.1 Å². The lowest BCUT2D eigenvalue weighted by Crippen LogP contribution is -2.00. The van der Waals surface area contributed by atoms with Crippen molar-refractivity contribution in [2.75, 3.05) is 7.11 Å². The quantitative estimate of drug-likeness (QED) is 0.477. The van der Waals surface area contributed by atoms with Gasteiger partial charge in [-0.1, -0.05) is 30.3 Å². The molecule has 132 valence electrons. The van der Waals surface area contributed by atoms with Crippen LogP contribution >= 0.6 is 12.2 Å². The Morgan fingerprint density at radius 1 is 0.963 bits per heavy atom. The molecule has 3 heterocycles. The number of hydrogen-bond donors (Lipinski definition) is 1. The highest BCUT2D eigenvalue weighted by Gasteiger charge is 2.14. The summed E-state index contributed by atoms with van der Waals surface area (Å²) < 4.78 is 9.49. The number of fused-ring (bicyclic) bond motifs is 3. The van der Waals surface area contributed by atoms with Gasteiger partial charge in [-0.15, -0.1) is 5.10 Å². The molecule has 5 aromatic rings. The third-order valence-corrected chi connectivity index (χ3v) is 4.84. The molecule has 0 saturated heterocycles. The highest BCUT2D eigenvalue weighted by atomic mass is 32.1. The second-order valence-corrected chi connectivity index (χ2v) is 6.54. The van der Waals surface area contributed by atoms with Crippen molar-refractivity contribution in [2.24, 2.45) is 0 Å². The maximum atomic E-state index is 5.47. The molecule has 2 aromatic carbocycles. The van der Waals surface area contributed by atoms with Gasteiger partial charge in [-0.2, -0.15) is 9.61 Å². The molecule has 7 heteroatoms. The Morgan fingerprint density at radius 3 is 2.48 bits per heavy atom. The van der Waals surface area contributed by atoms with E-state index >= 15 is 0 Å². The van der Waals surface area contributed by atoms with Crippen LogP contribution in [0.3, 0.4) is 0 Å². The van der Waals surface area contributed by atoms with E-state index in [-0.39, 0.29) is 0 Å². The Bertz CT molecular complexity index is 1320. The minimum atomic E-state index is 0.523. The van der Waals surface area contributed by atoms with E-state index in [0.29, 0.717) is 10.5 Å². The number of nitrogens with one attached hydrogen (secondary N) is 1. The van der Waals surface area contributed by atoms with E-state index in [0.717, 1.165) is 33.8 Å². The summed E-state index contributed by atoms with van der Waals surface area (Å²) in [5.41, 5.74) is 4.85. The van der Waals surface area contributed by atoms with Crippen molar-refractivity contribution in [3.05, 3.63) is 71.5 Å². The summed E-state index contributed by atoms with van der Waals surface area (Å²) in [6, 6.07) is 22.1. The topological polar surface area (TPSA) is 59.6 Å². The number of rotatable bonds is 3. The molecule has 0 aliphatic carbocycles. The maximum absolute atomic E-state index is 5.47. The normalized spacial score (nSPS) is 11.3. The van der Waals surface area contributed by atoms with Crippen molar-refractivity contribution in [1.82, 2.24) is 24.2 Å². The molecule has 3 aromatic heterocycles. The van der Waals surface area contributed by atoms with Crippen LogP contribution < -0.4 is 4.74 Å². The first-order valence-electron chi connectivity index (χ1n) is 8.44. The Hall–Kier alpha value is -3.45. The van der Waals surface area contributed by atoms with Gasteiger partial charge in [0.05, 0.1) is 24.0 Å². The van der Waals surface area contributed by atoms with Crippen LogP contribution in [0.5, 0.6) is 5.75 Å². The van der Waals surface area contributed by atoms with Crippen LogP contribution in [0.4, 0.5) is 0 Å². The number of benzene rings is 2. The van der Waals surface area contributed by atoms with Crippen molar-refractivity contribution in [3.63, 3.8) is 0 Å². The van der Waals surface area contributed by atoms with Crippen LogP contribution in [0.2, 0.25) is 0 Å². The number of nitrogens with zero attached hydrogens (tertiary/aromatic N) is 4. The van der Waals surface area contributed by atoms with Crippen molar-refractivity contribution >= 4 is 23.5 Å². The molecule has 0 saturated carbocycles. The fourth-order valence-corrected chi connectivity index (χ4v) is 3.46. The van der Waals surface area contributed by atoms with Crippen molar-refractivity contribution in [1.29, 1.82) is 0 Å². The first kappa shape index (κ1) is 15.8. The predicted molar refractivity (Wildman–Crippen MR) is 107 cm³/mol. The highest BCUT2D eigenvalue weighted by Crippen LogP contribution is 2.27. The zero-order chi connectivity index (χ0) is 18.4. The smallest absolute Gasteiger partial charge is 0.255 e. The molecular formula is C20H15N5OS. The van der Waals surface area contributed by atoms with Crippen molar-refractivity contribution < 1.29 is 4.74 Å². The Labute approximate surface area is 159 Å². The van der Waals surface area contributed by atoms with Gasteiger partial charge in [0, 0.05) is 5.56 Å². The average molecular weight is 373 g/mol. The summed E-state index contributed by atoms with van der Waals surface area (Å²) in [5, 5.41) is 12.0. The minimum absolute atomic E-state index is 0.523. The monoisotopic (exact) mass is 373 g/mol.